The molecule has 0 aromatic heterocycles. The van der Waals surface area contributed by atoms with Crippen LogP contribution in [0.5, 0.6) is 11.5 Å². The van der Waals surface area contributed by atoms with Crippen molar-refractivity contribution in [2.45, 2.75) is 13.5 Å². The SMILES string of the molecule is COc1cc(/C=C2/NC(=O)N(CC(=O)Nc3cccc(C)c3)C2=O)c(Br)cc1OCc1ccc(F)cc1. The molecule has 0 unspecified atom stereocenters. The number of hydrogen-bond acceptors (Lipinski definition) is 5. The number of anilines is 1. The van der Waals surface area contributed by atoms with Gasteiger partial charge in [0.2, 0.25) is 5.91 Å². The van der Waals surface area contributed by atoms with Crippen LogP contribution in [0.1, 0.15) is 16.7 Å². The molecule has 0 aliphatic carbocycles. The van der Waals surface area contributed by atoms with Crippen molar-refractivity contribution in [3.05, 3.63) is 93.3 Å². The first-order chi connectivity index (χ1) is 17.7. The number of ether oxygens (including phenoxy) is 2. The molecule has 0 bridgehead atoms. The zero-order valence-corrected chi connectivity index (χ0v) is 21.6. The van der Waals surface area contributed by atoms with Gasteiger partial charge < -0.3 is 20.1 Å². The van der Waals surface area contributed by atoms with E-state index in [9.17, 15) is 18.8 Å². The molecule has 1 aliphatic rings. The van der Waals surface area contributed by atoms with Crippen molar-refractivity contribution < 1.29 is 28.2 Å². The van der Waals surface area contributed by atoms with Gasteiger partial charge in [0.25, 0.3) is 5.91 Å². The number of urea groups is 1. The standard InChI is InChI=1S/C27H23BrFN3O5/c1-16-4-3-5-20(10-16)30-25(33)14-32-26(34)22(31-27(32)35)11-18-12-23(36-2)24(13-21(18)28)37-15-17-6-8-19(29)9-7-17/h3-13H,14-15H2,1-2H3,(H,30,33)(H,31,35)/b22-11+. The second-order valence-electron chi connectivity index (χ2n) is 8.24. The molecule has 1 fully saturated rings. The van der Waals surface area contributed by atoms with Crippen LogP contribution in [0.25, 0.3) is 6.08 Å². The number of aryl methyl sites for hydroxylation is 1. The molecule has 0 spiro atoms. The minimum atomic E-state index is -0.696. The molecule has 1 heterocycles. The van der Waals surface area contributed by atoms with E-state index < -0.39 is 24.4 Å². The second-order valence-corrected chi connectivity index (χ2v) is 9.09. The minimum Gasteiger partial charge on any atom is -0.493 e. The molecule has 190 valence electrons. The van der Waals surface area contributed by atoms with Crippen LogP contribution in [0.15, 0.2) is 70.8 Å². The number of methoxy groups -OCH3 is 1. The molecule has 8 nitrogen and oxygen atoms in total. The van der Waals surface area contributed by atoms with Crippen molar-refractivity contribution >= 4 is 45.5 Å². The van der Waals surface area contributed by atoms with Crippen LogP contribution in [0.2, 0.25) is 0 Å². The third-order valence-electron chi connectivity index (χ3n) is 5.46. The average molecular weight is 568 g/mol. The van der Waals surface area contributed by atoms with Gasteiger partial charge in [-0.3, -0.25) is 9.59 Å². The van der Waals surface area contributed by atoms with Crippen LogP contribution in [0.3, 0.4) is 0 Å². The van der Waals surface area contributed by atoms with Gasteiger partial charge in [0.1, 0.15) is 24.7 Å². The number of carbonyl (C=O) groups is 3. The Hall–Kier alpha value is -4.18. The Morgan fingerprint density at radius 1 is 1.11 bits per heavy atom. The third kappa shape index (κ3) is 6.34. The highest BCUT2D eigenvalue weighted by Gasteiger charge is 2.35. The Morgan fingerprint density at radius 2 is 1.86 bits per heavy atom. The summed E-state index contributed by atoms with van der Waals surface area (Å²) < 4.78 is 25.0. The maximum absolute atomic E-state index is 13.1. The fraction of sp³-hybridized carbons (Fsp3) is 0.148. The van der Waals surface area contributed by atoms with Gasteiger partial charge in [0, 0.05) is 10.2 Å². The van der Waals surface area contributed by atoms with E-state index in [2.05, 4.69) is 26.6 Å². The lowest BCUT2D eigenvalue weighted by Crippen LogP contribution is -2.38. The van der Waals surface area contributed by atoms with Gasteiger partial charge in [0.15, 0.2) is 11.5 Å². The molecule has 1 aliphatic heterocycles. The molecule has 2 N–H and O–H groups in total. The first-order valence-corrected chi connectivity index (χ1v) is 12.0. The number of nitrogens with zero attached hydrogens (tertiary/aromatic N) is 1. The fourth-order valence-electron chi connectivity index (χ4n) is 3.61. The molecule has 3 aromatic rings. The van der Waals surface area contributed by atoms with Crippen molar-refractivity contribution in [3.8, 4) is 11.5 Å². The molecule has 3 aromatic carbocycles. The second kappa shape index (κ2) is 11.3. The zero-order valence-electron chi connectivity index (χ0n) is 20.0. The molecule has 10 heteroatoms. The van der Waals surface area contributed by atoms with E-state index in [1.807, 2.05) is 13.0 Å². The van der Waals surface area contributed by atoms with Crippen LogP contribution in [-0.2, 0) is 16.2 Å². The first kappa shape index (κ1) is 25.9. The largest absolute Gasteiger partial charge is 0.493 e. The number of imide groups is 1. The van der Waals surface area contributed by atoms with Crippen LogP contribution < -0.4 is 20.1 Å². The molecule has 4 rings (SSSR count). The summed E-state index contributed by atoms with van der Waals surface area (Å²) in [6.45, 7) is 1.65. The summed E-state index contributed by atoms with van der Waals surface area (Å²) in [7, 11) is 1.47. The molecular formula is C27H23BrFN3O5. The maximum atomic E-state index is 13.1. The van der Waals surface area contributed by atoms with E-state index in [1.165, 1.54) is 25.3 Å². The third-order valence-corrected chi connectivity index (χ3v) is 6.14. The Morgan fingerprint density at radius 3 is 2.57 bits per heavy atom. The normalized spacial score (nSPS) is 14.1. The van der Waals surface area contributed by atoms with Crippen molar-refractivity contribution in [2.24, 2.45) is 0 Å². The quantitative estimate of drug-likeness (QED) is 0.294. The molecular weight excluding hydrogens is 545 g/mol. The summed E-state index contributed by atoms with van der Waals surface area (Å²) in [5, 5.41) is 5.19. The van der Waals surface area contributed by atoms with E-state index >= 15 is 0 Å². The lowest BCUT2D eigenvalue weighted by molar-refractivity contribution is -0.127. The minimum absolute atomic E-state index is 0.0103. The van der Waals surface area contributed by atoms with Gasteiger partial charge in [-0.2, -0.15) is 0 Å². The predicted molar refractivity (Wildman–Crippen MR) is 139 cm³/mol. The topological polar surface area (TPSA) is 97.0 Å². The maximum Gasteiger partial charge on any atom is 0.329 e. The monoisotopic (exact) mass is 567 g/mol. The molecule has 0 atom stereocenters. The lowest BCUT2D eigenvalue weighted by atomic mass is 10.1. The summed E-state index contributed by atoms with van der Waals surface area (Å²) >= 11 is 3.46. The summed E-state index contributed by atoms with van der Waals surface area (Å²) in [6.07, 6.45) is 1.48. The van der Waals surface area contributed by atoms with E-state index in [0.717, 1.165) is 16.0 Å². The van der Waals surface area contributed by atoms with Crippen molar-refractivity contribution in [2.75, 3.05) is 19.0 Å². The van der Waals surface area contributed by atoms with E-state index in [0.29, 0.717) is 27.2 Å². The fourth-order valence-corrected chi connectivity index (χ4v) is 4.05. The van der Waals surface area contributed by atoms with E-state index in [1.54, 1.807) is 42.5 Å². The van der Waals surface area contributed by atoms with Gasteiger partial charge >= 0.3 is 6.03 Å². The van der Waals surface area contributed by atoms with E-state index in [4.69, 9.17) is 9.47 Å². The number of amides is 4. The molecule has 0 radical (unpaired) electrons. The van der Waals surface area contributed by atoms with Crippen molar-refractivity contribution in [3.63, 3.8) is 0 Å². The molecule has 0 saturated carbocycles. The highest BCUT2D eigenvalue weighted by atomic mass is 79.9. The number of hydrogen-bond donors (Lipinski definition) is 2. The molecule has 4 amide bonds. The van der Waals surface area contributed by atoms with Gasteiger partial charge in [-0.1, -0.05) is 40.2 Å². The zero-order chi connectivity index (χ0) is 26.5. The van der Waals surface area contributed by atoms with Crippen LogP contribution >= 0.6 is 15.9 Å². The van der Waals surface area contributed by atoms with Crippen molar-refractivity contribution in [1.82, 2.24) is 10.2 Å². The summed E-state index contributed by atoms with van der Waals surface area (Å²) in [5.41, 5.74) is 2.87. The molecule has 37 heavy (non-hydrogen) atoms. The number of halogens is 2. The van der Waals surface area contributed by atoms with E-state index in [-0.39, 0.29) is 18.1 Å². The number of nitrogens with one attached hydrogen (secondary N) is 2. The van der Waals surface area contributed by atoms with Crippen LogP contribution in [-0.4, -0.2) is 36.4 Å². The van der Waals surface area contributed by atoms with Gasteiger partial charge in [-0.05, 0) is 66.1 Å². The van der Waals surface area contributed by atoms with Crippen LogP contribution in [0.4, 0.5) is 14.9 Å². The van der Waals surface area contributed by atoms with Gasteiger partial charge in [-0.15, -0.1) is 0 Å². The highest BCUT2D eigenvalue weighted by molar-refractivity contribution is 9.10. The Balaban J connectivity index is 1.47. The summed E-state index contributed by atoms with van der Waals surface area (Å²) in [6, 6.07) is 15.8. The van der Waals surface area contributed by atoms with Crippen molar-refractivity contribution in [1.29, 1.82) is 0 Å². The Kier molecular flexibility index (Phi) is 7.88. The van der Waals surface area contributed by atoms with Gasteiger partial charge in [0.05, 0.1) is 7.11 Å². The van der Waals surface area contributed by atoms with Gasteiger partial charge in [-0.25, -0.2) is 14.1 Å². The average Bonchev–Trinajstić information content (AvgIpc) is 3.12. The predicted octanol–water partition coefficient (Wildman–Crippen LogP) is 5.02. The lowest BCUT2D eigenvalue weighted by Gasteiger charge is -2.13. The van der Waals surface area contributed by atoms with Crippen LogP contribution in [0, 0.1) is 12.7 Å². The highest BCUT2D eigenvalue weighted by Crippen LogP contribution is 2.35. The number of benzene rings is 3. The summed E-state index contributed by atoms with van der Waals surface area (Å²) in [5.74, 6) is -0.645. The Bertz CT molecular complexity index is 1390. The smallest absolute Gasteiger partial charge is 0.329 e. The number of carbonyl (C=O) groups excluding carboxylic acids is 3. The summed E-state index contributed by atoms with van der Waals surface area (Å²) in [4.78, 5) is 38.6. The number of rotatable bonds is 8. The molecule has 1 saturated heterocycles. The Labute approximate surface area is 221 Å². The first-order valence-electron chi connectivity index (χ1n) is 11.2.